The Morgan fingerprint density at radius 1 is 1.25 bits per heavy atom. The zero-order valence-electron chi connectivity index (χ0n) is 12.7. The number of hydrogen-bond donors (Lipinski definition) is 1. The van der Waals surface area contributed by atoms with Gasteiger partial charge in [-0.2, -0.15) is 4.31 Å². The lowest BCUT2D eigenvalue weighted by Crippen LogP contribution is -2.43. The van der Waals surface area contributed by atoms with Gasteiger partial charge in [0.05, 0.1) is 16.8 Å². The first kappa shape index (κ1) is 16.9. The van der Waals surface area contributed by atoms with E-state index in [1.165, 1.54) is 34.8 Å². The van der Waals surface area contributed by atoms with Crippen molar-refractivity contribution in [1.82, 2.24) is 9.29 Å². The Morgan fingerprint density at radius 2 is 2.00 bits per heavy atom. The molecule has 0 unspecified atom stereocenters. The van der Waals surface area contributed by atoms with Gasteiger partial charge in [-0.05, 0) is 49.2 Å². The molecule has 1 N–H and O–H groups in total. The van der Waals surface area contributed by atoms with Gasteiger partial charge in [0.15, 0.2) is 0 Å². The number of amides is 1. The third-order valence-corrected chi connectivity index (χ3v) is 6.03. The number of benzene rings is 1. The van der Waals surface area contributed by atoms with Crippen molar-refractivity contribution in [3.63, 3.8) is 0 Å². The monoisotopic (exact) mass is 365 g/mol. The van der Waals surface area contributed by atoms with Crippen LogP contribution in [0.5, 0.6) is 0 Å². The Labute approximate surface area is 145 Å². The van der Waals surface area contributed by atoms with E-state index in [1.54, 1.807) is 18.3 Å². The zero-order chi connectivity index (χ0) is 17.2. The lowest BCUT2D eigenvalue weighted by atomic mass is 10.2. The fourth-order valence-corrected chi connectivity index (χ4v) is 4.48. The van der Waals surface area contributed by atoms with Gasteiger partial charge in [0.2, 0.25) is 15.9 Å². The minimum atomic E-state index is -3.74. The SMILES string of the molecule is O=C(Nc1cccnc1)[C@H]1CCCN1S(=O)(=O)c1ccc(Cl)cc1. The van der Waals surface area contributed by atoms with Gasteiger partial charge in [0.1, 0.15) is 6.04 Å². The normalized spacial score (nSPS) is 18.5. The molecule has 126 valence electrons. The van der Waals surface area contributed by atoms with Crippen molar-refractivity contribution in [3.05, 3.63) is 53.8 Å². The summed E-state index contributed by atoms with van der Waals surface area (Å²) in [6.07, 6.45) is 4.24. The van der Waals surface area contributed by atoms with E-state index in [4.69, 9.17) is 11.6 Å². The van der Waals surface area contributed by atoms with E-state index in [0.29, 0.717) is 30.1 Å². The molecule has 1 saturated heterocycles. The van der Waals surface area contributed by atoms with Crippen molar-refractivity contribution >= 4 is 33.2 Å². The molecule has 1 aliphatic rings. The van der Waals surface area contributed by atoms with Crippen molar-refractivity contribution in [2.24, 2.45) is 0 Å². The number of anilines is 1. The Kier molecular flexibility index (Phi) is 4.84. The highest BCUT2D eigenvalue weighted by Gasteiger charge is 2.39. The minimum Gasteiger partial charge on any atom is -0.323 e. The van der Waals surface area contributed by atoms with Crippen molar-refractivity contribution < 1.29 is 13.2 Å². The summed E-state index contributed by atoms with van der Waals surface area (Å²) < 4.78 is 26.9. The second-order valence-corrected chi connectivity index (χ2v) is 7.79. The van der Waals surface area contributed by atoms with Crippen LogP contribution in [0, 0.1) is 0 Å². The van der Waals surface area contributed by atoms with Crippen LogP contribution in [0.1, 0.15) is 12.8 Å². The molecule has 0 bridgehead atoms. The van der Waals surface area contributed by atoms with Gasteiger partial charge in [-0.3, -0.25) is 9.78 Å². The van der Waals surface area contributed by atoms with E-state index in [2.05, 4.69) is 10.3 Å². The van der Waals surface area contributed by atoms with Gasteiger partial charge in [-0.1, -0.05) is 11.6 Å². The van der Waals surface area contributed by atoms with Crippen molar-refractivity contribution in [2.75, 3.05) is 11.9 Å². The van der Waals surface area contributed by atoms with Gasteiger partial charge < -0.3 is 5.32 Å². The molecule has 0 aliphatic carbocycles. The molecule has 24 heavy (non-hydrogen) atoms. The molecular weight excluding hydrogens is 350 g/mol. The number of carbonyl (C=O) groups excluding carboxylic acids is 1. The van der Waals surface area contributed by atoms with Crippen LogP contribution in [-0.2, 0) is 14.8 Å². The third-order valence-electron chi connectivity index (χ3n) is 3.86. The van der Waals surface area contributed by atoms with E-state index in [1.807, 2.05) is 0 Å². The van der Waals surface area contributed by atoms with Crippen LogP contribution in [0.3, 0.4) is 0 Å². The van der Waals surface area contributed by atoms with E-state index < -0.39 is 16.1 Å². The van der Waals surface area contributed by atoms with E-state index >= 15 is 0 Å². The molecule has 1 aromatic heterocycles. The van der Waals surface area contributed by atoms with Crippen molar-refractivity contribution in [2.45, 2.75) is 23.8 Å². The van der Waals surface area contributed by atoms with Crippen LogP contribution < -0.4 is 5.32 Å². The smallest absolute Gasteiger partial charge is 0.243 e. The Hall–Kier alpha value is -1.96. The maximum absolute atomic E-state index is 12.8. The van der Waals surface area contributed by atoms with Gasteiger partial charge >= 0.3 is 0 Å². The quantitative estimate of drug-likeness (QED) is 0.902. The van der Waals surface area contributed by atoms with Crippen LogP contribution in [0.15, 0.2) is 53.7 Å². The minimum absolute atomic E-state index is 0.132. The topological polar surface area (TPSA) is 79.4 Å². The Balaban J connectivity index is 1.82. The van der Waals surface area contributed by atoms with Crippen molar-refractivity contribution in [1.29, 1.82) is 0 Å². The predicted octanol–water partition coefficient (Wildman–Crippen LogP) is 2.53. The number of nitrogens with zero attached hydrogens (tertiary/aromatic N) is 2. The third kappa shape index (κ3) is 3.43. The molecule has 8 heteroatoms. The molecule has 1 atom stereocenters. The standard InChI is InChI=1S/C16H16ClN3O3S/c17-12-5-7-14(8-6-12)24(22,23)20-10-2-4-15(20)16(21)19-13-3-1-9-18-11-13/h1,3,5-9,11,15H,2,4,10H2,(H,19,21)/t15-/m1/s1. The summed E-state index contributed by atoms with van der Waals surface area (Å²) in [7, 11) is -3.74. The number of aromatic nitrogens is 1. The highest BCUT2D eigenvalue weighted by atomic mass is 35.5. The number of sulfonamides is 1. The summed E-state index contributed by atoms with van der Waals surface area (Å²) in [4.78, 5) is 16.6. The molecule has 1 amide bonds. The molecule has 6 nitrogen and oxygen atoms in total. The molecule has 1 aromatic carbocycles. The number of pyridine rings is 1. The molecule has 2 heterocycles. The van der Waals surface area contributed by atoms with E-state index in [-0.39, 0.29) is 10.8 Å². The second kappa shape index (κ2) is 6.88. The van der Waals surface area contributed by atoms with Crippen LogP contribution in [0.4, 0.5) is 5.69 Å². The number of nitrogens with one attached hydrogen (secondary N) is 1. The maximum Gasteiger partial charge on any atom is 0.243 e. The highest BCUT2D eigenvalue weighted by molar-refractivity contribution is 7.89. The van der Waals surface area contributed by atoms with Crippen LogP contribution >= 0.6 is 11.6 Å². The molecule has 3 rings (SSSR count). The van der Waals surface area contributed by atoms with Crippen LogP contribution in [0.2, 0.25) is 5.02 Å². The molecule has 0 spiro atoms. The zero-order valence-corrected chi connectivity index (χ0v) is 14.3. The maximum atomic E-state index is 12.8. The molecule has 1 fully saturated rings. The lowest BCUT2D eigenvalue weighted by Gasteiger charge is -2.23. The van der Waals surface area contributed by atoms with Gasteiger partial charge in [0, 0.05) is 17.8 Å². The summed E-state index contributed by atoms with van der Waals surface area (Å²) >= 11 is 5.81. The average Bonchev–Trinajstić information content (AvgIpc) is 3.07. The van der Waals surface area contributed by atoms with Gasteiger partial charge in [-0.15, -0.1) is 0 Å². The fraction of sp³-hybridized carbons (Fsp3) is 0.250. The Morgan fingerprint density at radius 3 is 2.67 bits per heavy atom. The van der Waals surface area contributed by atoms with Crippen LogP contribution in [-0.4, -0.2) is 36.2 Å². The van der Waals surface area contributed by atoms with Gasteiger partial charge in [-0.25, -0.2) is 8.42 Å². The summed E-state index contributed by atoms with van der Waals surface area (Å²) in [5, 5.41) is 3.18. The number of halogens is 1. The van der Waals surface area contributed by atoms with Crippen LogP contribution in [0.25, 0.3) is 0 Å². The number of hydrogen-bond acceptors (Lipinski definition) is 4. The molecule has 0 saturated carbocycles. The first-order chi connectivity index (χ1) is 11.5. The molecule has 0 radical (unpaired) electrons. The van der Waals surface area contributed by atoms with Crippen molar-refractivity contribution in [3.8, 4) is 0 Å². The highest BCUT2D eigenvalue weighted by Crippen LogP contribution is 2.27. The summed E-state index contributed by atoms with van der Waals surface area (Å²) in [6, 6.07) is 8.62. The first-order valence-corrected chi connectivity index (χ1v) is 9.28. The lowest BCUT2D eigenvalue weighted by molar-refractivity contribution is -0.119. The average molecular weight is 366 g/mol. The largest absolute Gasteiger partial charge is 0.323 e. The summed E-state index contributed by atoms with van der Waals surface area (Å²) in [5.41, 5.74) is 0.540. The fourth-order valence-electron chi connectivity index (χ4n) is 2.69. The predicted molar refractivity (Wildman–Crippen MR) is 91.2 cm³/mol. The van der Waals surface area contributed by atoms with E-state index in [9.17, 15) is 13.2 Å². The summed E-state index contributed by atoms with van der Waals surface area (Å²) in [5.74, 6) is -0.349. The summed E-state index contributed by atoms with van der Waals surface area (Å²) in [6.45, 7) is 0.316. The number of carbonyl (C=O) groups is 1. The molecular formula is C16H16ClN3O3S. The number of rotatable bonds is 4. The van der Waals surface area contributed by atoms with Gasteiger partial charge in [0.25, 0.3) is 0 Å². The second-order valence-electron chi connectivity index (χ2n) is 5.46. The Bertz CT molecular complexity index is 825. The first-order valence-electron chi connectivity index (χ1n) is 7.47. The van der Waals surface area contributed by atoms with E-state index in [0.717, 1.165) is 0 Å². The molecule has 2 aromatic rings. The molecule has 1 aliphatic heterocycles.